The van der Waals surface area contributed by atoms with E-state index in [4.69, 9.17) is 14.2 Å². The largest absolute Gasteiger partial charge is 0.445 e. The van der Waals surface area contributed by atoms with Crippen molar-refractivity contribution in [3.63, 3.8) is 0 Å². The van der Waals surface area contributed by atoms with Crippen molar-refractivity contribution in [1.82, 2.24) is 20.0 Å². The Morgan fingerprint density at radius 3 is 1.50 bits per heavy atom. The van der Waals surface area contributed by atoms with Crippen LogP contribution in [-0.4, -0.2) is 83.7 Å². The number of carbonyl (C=O) groups excluding carboxylic acids is 4. The van der Waals surface area contributed by atoms with E-state index in [1.54, 1.807) is 4.90 Å². The van der Waals surface area contributed by atoms with Gasteiger partial charge in [0, 0.05) is 32.2 Å². The molecule has 0 spiro atoms. The topological polar surface area (TPSA) is 118 Å². The molecule has 1 aliphatic carbocycles. The molecule has 11 heteroatoms. The molecule has 4 amide bonds. The normalized spacial score (nSPS) is 15.1. The second-order valence-corrected chi connectivity index (χ2v) is 15.6. The Morgan fingerprint density at radius 1 is 0.548 bits per heavy atom. The molecule has 0 radical (unpaired) electrons. The number of nitrogens with one attached hydrogen (secondary N) is 1. The van der Waals surface area contributed by atoms with Gasteiger partial charge in [0.1, 0.15) is 19.4 Å². The van der Waals surface area contributed by atoms with Gasteiger partial charge in [-0.15, -0.1) is 0 Å². The molecule has 1 atom stereocenters. The fraction of sp³-hybridized carbons (Fsp3) is 0.333. The van der Waals surface area contributed by atoms with E-state index >= 15 is 0 Å². The lowest BCUT2D eigenvalue weighted by Crippen LogP contribution is -2.54. The minimum absolute atomic E-state index is 0.0319. The van der Waals surface area contributed by atoms with Crippen molar-refractivity contribution in [2.45, 2.75) is 83.1 Å². The summed E-state index contributed by atoms with van der Waals surface area (Å²) in [5, 5.41) is 2.77. The van der Waals surface area contributed by atoms with E-state index in [1.165, 1.54) is 4.90 Å². The number of hydrogen-bond donors (Lipinski definition) is 1. The quantitative estimate of drug-likeness (QED) is 0.0549. The summed E-state index contributed by atoms with van der Waals surface area (Å²) in [6.07, 6.45) is 2.22. The maximum atomic E-state index is 14.8. The zero-order valence-electron chi connectivity index (χ0n) is 35.3. The third-order valence-electron chi connectivity index (χ3n) is 11.2. The molecule has 0 bridgehead atoms. The van der Waals surface area contributed by atoms with Gasteiger partial charge in [-0.2, -0.15) is 0 Å². The number of rotatable bonds is 22. The van der Waals surface area contributed by atoms with Crippen LogP contribution in [0.5, 0.6) is 0 Å². The third kappa shape index (κ3) is 14.6. The highest BCUT2D eigenvalue weighted by molar-refractivity contribution is 5.79. The van der Waals surface area contributed by atoms with Gasteiger partial charge >= 0.3 is 12.2 Å². The predicted octanol–water partition coefficient (Wildman–Crippen LogP) is 8.57. The van der Waals surface area contributed by atoms with Crippen molar-refractivity contribution in [3.8, 4) is 0 Å². The highest BCUT2D eigenvalue weighted by Crippen LogP contribution is 2.27. The second-order valence-electron chi connectivity index (χ2n) is 15.6. The standard InChI is InChI=1S/C51H58N4O7/c56-40-52-48(55(33-31-42-18-8-2-9-19-42)51(59)62-39-45-24-14-5-15-25-45)36-49(57)54(46-26-28-47(29-27-46)60-37-43-20-10-3-11-21-43)35-34-53(32-30-41-16-6-1-7-17-41)50(58)61-38-44-22-12-4-13-23-44/h1-25,40,46-48H,26-39H2,(H,52,56). The molecule has 1 saturated carbocycles. The van der Waals surface area contributed by atoms with E-state index in [9.17, 15) is 19.2 Å². The molecule has 0 aromatic heterocycles. The van der Waals surface area contributed by atoms with Crippen LogP contribution in [0.4, 0.5) is 9.59 Å². The summed E-state index contributed by atoms with van der Waals surface area (Å²) in [7, 11) is 0. The number of ether oxygens (including phenoxy) is 3. The van der Waals surface area contributed by atoms with Crippen LogP contribution in [0.15, 0.2) is 152 Å². The Bertz CT molecular complexity index is 2070. The lowest BCUT2D eigenvalue weighted by molar-refractivity contribution is -0.137. The van der Waals surface area contributed by atoms with Crippen LogP contribution in [0, 0.1) is 0 Å². The third-order valence-corrected chi connectivity index (χ3v) is 11.2. The van der Waals surface area contributed by atoms with Crippen molar-refractivity contribution < 1.29 is 33.4 Å². The molecule has 1 aliphatic rings. The fourth-order valence-electron chi connectivity index (χ4n) is 7.76. The van der Waals surface area contributed by atoms with E-state index in [2.05, 4.69) is 5.32 Å². The van der Waals surface area contributed by atoms with Crippen molar-refractivity contribution in [2.75, 3.05) is 26.2 Å². The van der Waals surface area contributed by atoms with Crippen molar-refractivity contribution in [3.05, 3.63) is 179 Å². The van der Waals surface area contributed by atoms with Gasteiger partial charge in [0.25, 0.3) is 0 Å². The summed E-state index contributed by atoms with van der Waals surface area (Å²) in [5.74, 6) is -0.251. The second kappa shape index (κ2) is 24.7. The van der Waals surface area contributed by atoms with Gasteiger partial charge in [-0.05, 0) is 66.3 Å². The van der Waals surface area contributed by atoms with E-state index in [0.717, 1.165) is 40.7 Å². The number of amides is 4. The van der Waals surface area contributed by atoms with Crippen LogP contribution >= 0.6 is 0 Å². The average molecular weight is 839 g/mol. The van der Waals surface area contributed by atoms with Crippen molar-refractivity contribution in [2.24, 2.45) is 0 Å². The van der Waals surface area contributed by atoms with E-state index < -0.39 is 18.4 Å². The average Bonchev–Trinajstić information content (AvgIpc) is 3.32. The molecule has 62 heavy (non-hydrogen) atoms. The van der Waals surface area contributed by atoms with Gasteiger partial charge in [-0.3, -0.25) is 14.5 Å². The van der Waals surface area contributed by atoms with Gasteiger partial charge in [0.05, 0.1) is 19.1 Å². The van der Waals surface area contributed by atoms with Crippen LogP contribution in [0.2, 0.25) is 0 Å². The molecule has 5 aromatic carbocycles. The Balaban J connectivity index is 1.20. The molecule has 1 unspecified atom stereocenters. The first-order valence-corrected chi connectivity index (χ1v) is 21.6. The molecular formula is C51H58N4O7. The van der Waals surface area contributed by atoms with Gasteiger partial charge in [-0.25, -0.2) is 9.59 Å². The molecule has 1 fully saturated rings. The number of nitrogens with zero attached hydrogens (tertiary/aromatic N) is 3. The van der Waals surface area contributed by atoms with Crippen molar-refractivity contribution >= 4 is 24.5 Å². The van der Waals surface area contributed by atoms with Crippen LogP contribution in [-0.2, 0) is 56.5 Å². The van der Waals surface area contributed by atoms with Crippen LogP contribution in [0.1, 0.15) is 59.9 Å². The van der Waals surface area contributed by atoms with E-state index in [0.29, 0.717) is 45.2 Å². The molecule has 0 heterocycles. The Hall–Kier alpha value is -6.46. The Labute approximate surface area is 365 Å². The zero-order valence-corrected chi connectivity index (χ0v) is 35.3. The number of benzene rings is 5. The monoisotopic (exact) mass is 838 g/mol. The summed E-state index contributed by atoms with van der Waals surface area (Å²) in [4.78, 5) is 59.6. The molecule has 324 valence electrons. The highest BCUT2D eigenvalue weighted by Gasteiger charge is 2.34. The van der Waals surface area contributed by atoms with Crippen LogP contribution in [0.25, 0.3) is 0 Å². The molecule has 0 saturated heterocycles. The van der Waals surface area contributed by atoms with Crippen molar-refractivity contribution in [1.29, 1.82) is 0 Å². The lowest BCUT2D eigenvalue weighted by atomic mass is 9.91. The summed E-state index contributed by atoms with van der Waals surface area (Å²) in [6.45, 7) is 1.69. The first-order chi connectivity index (χ1) is 30.4. The first kappa shape index (κ1) is 45.1. The summed E-state index contributed by atoms with van der Waals surface area (Å²) < 4.78 is 17.9. The minimum atomic E-state index is -0.995. The molecule has 11 nitrogen and oxygen atoms in total. The summed E-state index contributed by atoms with van der Waals surface area (Å²) in [5.41, 5.74) is 4.86. The minimum Gasteiger partial charge on any atom is -0.445 e. The SMILES string of the molecule is O=CNC(CC(=O)N(CCN(CCc1ccccc1)C(=O)OCc1ccccc1)C1CCC(OCc2ccccc2)CC1)N(CCc1ccccc1)C(=O)OCc1ccccc1. The van der Waals surface area contributed by atoms with Crippen LogP contribution < -0.4 is 5.32 Å². The Kier molecular flexibility index (Phi) is 18.0. The molecule has 0 aliphatic heterocycles. The van der Waals surface area contributed by atoms with Gasteiger partial charge in [-0.1, -0.05) is 152 Å². The van der Waals surface area contributed by atoms with Gasteiger partial charge in [0.15, 0.2) is 0 Å². The molecule has 5 aromatic rings. The number of carbonyl (C=O) groups is 4. The Morgan fingerprint density at radius 2 is 1.00 bits per heavy atom. The smallest absolute Gasteiger partial charge is 0.411 e. The number of hydrogen-bond acceptors (Lipinski definition) is 7. The first-order valence-electron chi connectivity index (χ1n) is 21.6. The van der Waals surface area contributed by atoms with Gasteiger partial charge in [0.2, 0.25) is 12.3 Å². The molecule has 1 N–H and O–H groups in total. The predicted molar refractivity (Wildman–Crippen MR) is 238 cm³/mol. The maximum absolute atomic E-state index is 14.8. The zero-order chi connectivity index (χ0) is 43.2. The van der Waals surface area contributed by atoms with Gasteiger partial charge < -0.3 is 29.3 Å². The summed E-state index contributed by atoms with van der Waals surface area (Å²) >= 11 is 0. The van der Waals surface area contributed by atoms with E-state index in [-0.39, 0.29) is 57.3 Å². The molecular weight excluding hydrogens is 781 g/mol. The summed E-state index contributed by atoms with van der Waals surface area (Å²) in [6, 6.07) is 48.5. The highest BCUT2D eigenvalue weighted by atomic mass is 16.6. The maximum Gasteiger partial charge on any atom is 0.411 e. The molecule has 6 rings (SSSR count). The fourth-order valence-corrected chi connectivity index (χ4v) is 7.76. The van der Waals surface area contributed by atoms with E-state index in [1.807, 2.05) is 157 Å². The van der Waals surface area contributed by atoms with Crippen LogP contribution in [0.3, 0.4) is 0 Å². The lowest BCUT2D eigenvalue weighted by Gasteiger charge is -2.39.